The Hall–Kier alpha value is -2.34. The van der Waals surface area contributed by atoms with E-state index >= 15 is 0 Å². The van der Waals surface area contributed by atoms with E-state index in [2.05, 4.69) is 48.2 Å². The summed E-state index contributed by atoms with van der Waals surface area (Å²) in [6.45, 7) is 9.30. The van der Waals surface area contributed by atoms with E-state index in [1.807, 2.05) is 24.3 Å². The van der Waals surface area contributed by atoms with Crippen LogP contribution in [0.15, 0.2) is 24.3 Å². The summed E-state index contributed by atoms with van der Waals surface area (Å²) in [4.78, 5) is 17.1. The third-order valence-corrected chi connectivity index (χ3v) is 7.25. The van der Waals surface area contributed by atoms with Crippen molar-refractivity contribution < 1.29 is 4.79 Å². The molecule has 6 nitrogen and oxygen atoms in total. The summed E-state index contributed by atoms with van der Waals surface area (Å²) in [7, 11) is 0. The predicted molar refractivity (Wildman–Crippen MR) is 154 cm³/mol. The number of benzene rings is 1. The van der Waals surface area contributed by atoms with Gasteiger partial charge in [-0.25, -0.2) is 4.98 Å². The van der Waals surface area contributed by atoms with Gasteiger partial charge in [-0.3, -0.25) is 9.89 Å². The number of rotatable bonds is 16. The lowest BCUT2D eigenvalue weighted by molar-refractivity contribution is -0.120. The Labute approximate surface area is 228 Å². The van der Waals surface area contributed by atoms with Gasteiger partial charge in [-0.2, -0.15) is 4.63 Å². The molecule has 1 amide bonds. The summed E-state index contributed by atoms with van der Waals surface area (Å²) in [5.74, 6) is 0.648. The molecule has 3 aromatic rings. The van der Waals surface area contributed by atoms with Crippen molar-refractivity contribution in [3.8, 4) is 11.4 Å². The predicted octanol–water partition coefficient (Wildman–Crippen LogP) is 8.04. The van der Waals surface area contributed by atoms with Crippen LogP contribution in [0.4, 0.5) is 0 Å². The average molecular weight is 528 g/mol. The van der Waals surface area contributed by atoms with Gasteiger partial charge in [0.05, 0.1) is 12.1 Å². The maximum atomic E-state index is 12.5. The minimum absolute atomic E-state index is 0.0583. The third-order valence-electron chi connectivity index (χ3n) is 6.89. The molecule has 37 heavy (non-hydrogen) atoms. The molecule has 0 bridgehead atoms. The van der Waals surface area contributed by atoms with Gasteiger partial charge in [0, 0.05) is 17.5 Å². The Bertz CT molecular complexity index is 1110. The van der Waals surface area contributed by atoms with E-state index in [0.29, 0.717) is 22.9 Å². The summed E-state index contributed by atoms with van der Waals surface area (Å²) >= 11 is 6.56. The smallest absolute Gasteiger partial charge is 0.224 e. The van der Waals surface area contributed by atoms with Gasteiger partial charge >= 0.3 is 0 Å². The van der Waals surface area contributed by atoms with E-state index < -0.39 is 0 Å². The van der Waals surface area contributed by atoms with Gasteiger partial charge < -0.3 is 5.32 Å². The Balaban J connectivity index is 1.35. The fraction of sp³-hybridized carbons (Fsp3) is 0.633. The van der Waals surface area contributed by atoms with Crippen molar-refractivity contribution in [3.63, 3.8) is 0 Å². The number of hydrogen-bond acceptors (Lipinski definition) is 3. The molecule has 0 saturated carbocycles. The molecule has 2 N–H and O–H groups in total. The molecule has 0 fully saturated rings. The van der Waals surface area contributed by atoms with Crippen LogP contribution in [-0.4, -0.2) is 32.3 Å². The van der Waals surface area contributed by atoms with Gasteiger partial charge in [0.25, 0.3) is 0 Å². The van der Waals surface area contributed by atoms with Crippen LogP contribution in [0, 0.1) is 0 Å². The first-order valence-corrected chi connectivity index (χ1v) is 14.7. The maximum absolute atomic E-state index is 12.5. The van der Waals surface area contributed by atoms with Crippen LogP contribution in [0.25, 0.3) is 17.0 Å². The molecule has 0 unspecified atom stereocenters. The Morgan fingerprint density at radius 2 is 1.59 bits per heavy atom. The molecule has 7 heteroatoms. The maximum Gasteiger partial charge on any atom is 0.224 e. The van der Waals surface area contributed by atoms with Gasteiger partial charge in [0.2, 0.25) is 5.91 Å². The van der Waals surface area contributed by atoms with E-state index in [0.717, 1.165) is 29.8 Å². The number of amides is 1. The lowest BCUT2D eigenvalue weighted by Gasteiger charge is -2.16. The second kappa shape index (κ2) is 14.6. The Morgan fingerprint density at radius 1 is 0.973 bits per heavy atom. The molecule has 0 aliphatic heterocycles. The number of aromatic nitrogens is 4. The van der Waals surface area contributed by atoms with Crippen LogP contribution in [0.1, 0.15) is 116 Å². The normalized spacial score (nSPS) is 11.9. The first-order chi connectivity index (χ1) is 17.8. The van der Waals surface area contributed by atoms with Crippen molar-refractivity contribution in [3.05, 3.63) is 40.5 Å². The highest BCUT2D eigenvalue weighted by molar-refractivity contribution is 6.34. The monoisotopic (exact) mass is 527 g/mol. The summed E-state index contributed by atoms with van der Waals surface area (Å²) in [6.07, 6.45) is 16.2. The van der Waals surface area contributed by atoms with E-state index in [1.165, 1.54) is 70.6 Å². The lowest BCUT2D eigenvalue weighted by atomic mass is 9.92. The molecule has 0 saturated heterocycles. The standard InChI is InChI=1S/C30H46ClN5O/c1-5-6-7-8-9-10-11-12-13-14-15-16-20-32-25(37)22-23-18-17-19-24(21-23)28-33-29-26(31)27(30(2,3)4)34-36(29)35-28/h17-19,21,34H,5-16,20,22H2,1-4H3,(H,32,37). The number of unbranched alkanes of at least 4 members (excludes halogenated alkanes) is 11. The van der Waals surface area contributed by atoms with Crippen LogP contribution < -0.4 is 5.32 Å². The lowest BCUT2D eigenvalue weighted by Crippen LogP contribution is -2.26. The molecule has 0 aliphatic rings. The van der Waals surface area contributed by atoms with Gasteiger partial charge in [-0.1, -0.05) is 128 Å². The van der Waals surface area contributed by atoms with Crippen molar-refractivity contribution >= 4 is 23.2 Å². The first kappa shape index (κ1) is 29.2. The zero-order valence-electron chi connectivity index (χ0n) is 23.3. The second-order valence-corrected chi connectivity index (χ2v) is 11.7. The molecule has 0 radical (unpaired) electrons. The number of carbonyl (C=O) groups is 1. The van der Waals surface area contributed by atoms with Crippen LogP contribution in [0.3, 0.4) is 0 Å². The Kier molecular flexibility index (Phi) is 11.5. The van der Waals surface area contributed by atoms with Crippen LogP contribution in [-0.2, 0) is 16.6 Å². The highest BCUT2D eigenvalue weighted by Crippen LogP contribution is 2.31. The van der Waals surface area contributed by atoms with Gasteiger partial charge in [0.1, 0.15) is 5.02 Å². The molecule has 3 rings (SSSR count). The van der Waals surface area contributed by atoms with Crippen LogP contribution >= 0.6 is 11.6 Å². The minimum atomic E-state index is -0.125. The fourth-order valence-electron chi connectivity index (χ4n) is 4.68. The zero-order valence-corrected chi connectivity index (χ0v) is 24.1. The number of hydrogen-bond donors (Lipinski definition) is 2. The minimum Gasteiger partial charge on any atom is -0.356 e. The molecule has 2 heterocycles. The third kappa shape index (κ3) is 9.17. The van der Waals surface area contributed by atoms with E-state index in [9.17, 15) is 4.79 Å². The molecular formula is C30H46ClN5O. The molecule has 204 valence electrons. The van der Waals surface area contributed by atoms with Crippen molar-refractivity contribution in [2.45, 2.75) is 117 Å². The number of carbonyl (C=O) groups excluding carboxylic acids is 1. The number of nitrogens with one attached hydrogen (secondary N) is 2. The van der Waals surface area contributed by atoms with Gasteiger partial charge in [-0.05, 0) is 18.1 Å². The second-order valence-electron chi connectivity index (χ2n) is 11.3. The topological polar surface area (TPSA) is 75.1 Å². The SMILES string of the molecule is CCCCCCCCCCCCCCNC(=O)Cc1cccc(-c2nc3c(Cl)c(C(C)(C)C)[nH]n3n2)c1. The molecule has 0 spiro atoms. The molecular weight excluding hydrogens is 482 g/mol. The number of aromatic amines is 1. The summed E-state index contributed by atoms with van der Waals surface area (Å²) in [6, 6.07) is 7.86. The summed E-state index contributed by atoms with van der Waals surface area (Å²) in [5.41, 5.74) is 3.22. The number of nitrogens with zero attached hydrogens (tertiary/aromatic N) is 3. The van der Waals surface area contributed by atoms with E-state index in [-0.39, 0.29) is 11.3 Å². The van der Waals surface area contributed by atoms with E-state index in [4.69, 9.17) is 11.6 Å². The number of halogens is 1. The summed E-state index contributed by atoms with van der Waals surface area (Å²) in [5, 5.41) is 11.5. The Morgan fingerprint density at radius 3 is 2.19 bits per heavy atom. The molecule has 0 atom stereocenters. The zero-order chi connectivity index (χ0) is 26.7. The van der Waals surface area contributed by atoms with Crippen LogP contribution in [0.5, 0.6) is 0 Å². The molecule has 1 aromatic carbocycles. The van der Waals surface area contributed by atoms with Gasteiger partial charge in [0.15, 0.2) is 11.5 Å². The quantitative estimate of drug-likeness (QED) is 0.185. The highest BCUT2D eigenvalue weighted by atomic mass is 35.5. The van der Waals surface area contributed by atoms with E-state index in [1.54, 1.807) is 4.63 Å². The largest absolute Gasteiger partial charge is 0.356 e. The van der Waals surface area contributed by atoms with Crippen molar-refractivity contribution in [2.75, 3.05) is 6.54 Å². The number of fused-ring (bicyclic) bond motifs is 1. The first-order valence-electron chi connectivity index (χ1n) is 14.3. The van der Waals surface area contributed by atoms with Crippen molar-refractivity contribution in [2.24, 2.45) is 0 Å². The van der Waals surface area contributed by atoms with Crippen molar-refractivity contribution in [1.82, 2.24) is 25.1 Å². The number of H-pyrrole nitrogens is 1. The van der Waals surface area contributed by atoms with Crippen molar-refractivity contribution in [1.29, 1.82) is 0 Å². The molecule has 0 aliphatic carbocycles. The highest BCUT2D eigenvalue weighted by Gasteiger charge is 2.24. The van der Waals surface area contributed by atoms with Crippen LogP contribution in [0.2, 0.25) is 5.02 Å². The molecule has 2 aromatic heterocycles. The van der Waals surface area contributed by atoms with Gasteiger partial charge in [-0.15, -0.1) is 5.10 Å². The average Bonchev–Trinajstić information content (AvgIpc) is 3.41. The fourth-order valence-corrected chi connectivity index (χ4v) is 5.13. The summed E-state index contributed by atoms with van der Waals surface area (Å²) < 4.78 is 1.63.